The molecule has 0 radical (unpaired) electrons. The number of nitrogens with zero attached hydrogens (tertiary/aromatic N) is 1. The number of para-hydroxylation sites is 2. The first-order valence-corrected chi connectivity index (χ1v) is 17.3. The third kappa shape index (κ3) is 5.20. The SMILES string of the molecule is [2H]c1c([2H])c([2H])c(-c2c([2H])c([2H])c(-c3c([2H])c([2H])c(N(c4c([2H])c([2H])c(-c5cccc6c5oc5ccccc56)c([2H])c4[2H])c4cccc5oc6c7ccccc7ccc6c45)c([2H])c3[2H])c([2H])c2[2H])c([2H])c1[2H]. The molecule has 55 heavy (non-hydrogen) atoms. The van der Waals surface area contributed by atoms with E-state index in [2.05, 4.69) is 0 Å². The van der Waals surface area contributed by atoms with Gasteiger partial charge in [-0.3, -0.25) is 0 Å². The maximum Gasteiger partial charge on any atom is 0.143 e. The van der Waals surface area contributed by atoms with E-state index in [0.29, 0.717) is 38.5 Å². The van der Waals surface area contributed by atoms with Crippen molar-refractivity contribution in [2.75, 3.05) is 4.90 Å². The van der Waals surface area contributed by atoms with Crippen molar-refractivity contribution in [2.24, 2.45) is 0 Å². The fraction of sp³-hybridized carbons (Fsp3) is 0. The van der Waals surface area contributed by atoms with Gasteiger partial charge in [0.25, 0.3) is 0 Å². The zero-order valence-electron chi connectivity index (χ0n) is 45.5. The number of benzene rings is 9. The lowest BCUT2D eigenvalue weighted by molar-refractivity contribution is 0.670. The molecule has 258 valence electrons. The van der Waals surface area contributed by atoms with E-state index in [9.17, 15) is 11.0 Å². The van der Waals surface area contributed by atoms with Crippen LogP contribution in [0.5, 0.6) is 0 Å². The highest BCUT2D eigenvalue weighted by Gasteiger charge is 2.21. The predicted molar refractivity (Wildman–Crippen MR) is 229 cm³/mol. The molecular weight excluding hydrogens is 671 g/mol. The van der Waals surface area contributed by atoms with Gasteiger partial charge in [0, 0.05) is 38.5 Å². The Morgan fingerprint density at radius 3 is 1.69 bits per heavy atom. The Labute approximate surface area is 341 Å². The van der Waals surface area contributed by atoms with E-state index < -0.39 is 136 Å². The summed E-state index contributed by atoms with van der Waals surface area (Å²) in [4.78, 5) is 1.12. The van der Waals surface area contributed by atoms with E-state index in [1.165, 1.54) is 0 Å². The molecule has 0 N–H and O–H groups in total. The molecule has 0 unspecified atom stereocenters. The minimum absolute atomic E-state index is 0.0789. The number of hydrogen-bond acceptors (Lipinski definition) is 3. The summed E-state index contributed by atoms with van der Waals surface area (Å²) in [5.41, 5.74) is -1.79. The number of rotatable bonds is 6. The summed E-state index contributed by atoms with van der Waals surface area (Å²) in [6, 6.07) is 15.3. The summed E-state index contributed by atoms with van der Waals surface area (Å²) in [6.45, 7) is 0. The van der Waals surface area contributed by atoms with Crippen molar-refractivity contribution in [3.63, 3.8) is 0 Å². The van der Waals surface area contributed by atoms with Crippen molar-refractivity contribution in [3.8, 4) is 33.4 Å². The predicted octanol–water partition coefficient (Wildman–Crippen LogP) is 15.1. The molecule has 2 aromatic heterocycles. The molecule has 9 aromatic carbocycles. The van der Waals surface area contributed by atoms with Gasteiger partial charge in [-0.15, -0.1) is 0 Å². The molecule has 2 heterocycles. The zero-order chi connectivity index (χ0) is 51.1. The summed E-state index contributed by atoms with van der Waals surface area (Å²) >= 11 is 0. The Morgan fingerprint density at radius 1 is 0.382 bits per heavy atom. The summed E-state index contributed by atoms with van der Waals surface area (Å²) in [5, 5.41) is 3.92. The highest BCUT2D eigenvalue weighted by atomic mass is 16.3. The summed E-state index contributed by atoms with van der Waals surface area (Å²) < 4.78 is 167. The lowest BCUT2D eigenvalue weighted by Crippen LogP contribution is -2.10. The Balaban J connectivity index is 1.20. The average molecular weight is 721 g/mol. The molecule has 0 saturated heterocycles. The van der Waals surface area contributed by atoms with Crippen LogP contribution in [0.15, 0.2) is 209 Å². The van der Waals surface area contributed by atoms with E-state index in [4.69, 9.17) is 21.2 Å². The minimum atomic E-state index is -0.889. The van der Waals surface area contributed by atoms with E-state index >= 15 is 0 Å². The molecule has 0 aliphatic heterocycles. The van der Waals surface area contributed by atoms with Gasteiger partial charge in [-0.25, -0.2) is 0 Å². The second-order valence-corrected chi connectivity index (χ2v) is 12.7. The van der Waals surface area contributed by atoms with Crippen LogP contribution in [0.25, 0.3) is 88.0 Å². The smallest absolute Gasteiger partial charge is 0.143 e. The third-order valence-electron chi connectivity index (χ3n) is 9.58. The van der Waals surface area contributed by atoms with Gasteiger partial charge in [-0.05, 0) is 81.6 Å². The molecule has 0 amide bonds. The highest BCUT2D eigenvalue weighted by molar-refractivity contribution is 6.19. The van der Waals surface area contributed by atoms with Crippen molar-refractivity contribution < 1.29 is 32.1 Å². The second-order valence-electron chi connectivity index (χ2n) is 12.7. The van der Waals surface area contributed by atoms with Gasteiger partial charge in [-0.2, -0.15) is 0 Å². The molecule has 0 bridgehead atoms. The highest BCUT2D eigenvalue weighted by Crippen LogP contribution is 2.45. The molecule has 11 aromatic rings. The molecular formula is C52H33NO2. The Hall–Kier alpha value is -7.36. The molecule has 0 spiro atoms. The number of anilines is 3. The van der Waals surface area contributed by atoms with Crippen molar-refractivity contribution >= 4 is 71.7 Å². The normalized spacial score (nSPS) is 16.0. The van der Waals surface area contributed by atoms with Crippen LogP contribution in [0.2, 0.25) is 0 Å². The minimum Gasteiger partial charge on any atom is -0.455 e. The van der Waals surface area contributed by atoms with Gasteiger partial charge in [-0.1, -0.05) is 151 Å². The first-order chi connectivity index (χ1) is 34.4. The topological polar surface area (TPSA) is 29.5 Å². The van der Waals surface area contributed by atoms with Gasteiger partial charge in [0.2, 0.25) is 0 Å². The monoisotopic (exact) mass is 720 g/mol. The van der Waals surface area contributed by atoms with Crippen LogP contribution in [0.3, 0.4) is 0 Å². The van der Waals surface area contributed by atoms with Crippen LogP contribution in [0, 0.1) is 0 Å². The van der Waals surface area contributed by atoms with Gasteiger partial charge in [0.15, 0.2) is 0 Å². The molecule has 0 aliphatic carbocycles. The first-order valence-electron chi connectivity index (χ1n) is 25.8. The summed E-state index contributed by atoms with van der Waals surface area (Å²) in [6.07, 6.45) is 0. The fourth-order valence-electron chi connectivity index (χ4n) is 7.05. The van der Waals surface area contributed by atoms with Crippen molar-refractivity contribution in [3.05, 3.63) is 200 Å². The van der Waals surface area contributed by atoms with E-state index in [0.717, 1.165) is 21.1 Å². The molecule has 3 heteroatoms. The number of hydrogen-bond donors (Lipinski definition) is 0. The summed E-state index contributed by atoms with van der Waals surface area (Å²) in [7, 11) is 0. The van der Waals surface area contributed by atoms with Gasteiger partial charge >= 0.3 is 0 Å². The van der Waals surface area contributed by atoms with Gasteiger partial charge < -0.3 is 13.7 Å². The Kier molecular flexibility index (Phi) is 4.28. The molecule has 0 atom stereocenters. The fourth-order valence-corrected chi connectivity index (χ4v) is 7.05. The standard InChI is InChI=1S/C52H33NO2/c1-2-10-34(11-3-1)35-20-22-36(23-21-35)37-24-29-40(30-25-37)53(47-17-9-19-49-50(47)46-33-28-38-12-4-5-13-42(38)52(46)55-49)41-31-26-39(27-32-41)43-15-8-16-45-44-14-6-7-18-48(44)54-51(43)45/h1-33H/i1D,2D,3D,10D,11D,20D,21D,22D,23D,24D,25D,26D,27D,29D,30D,31D,32D. The third-order valence-corrected chi connectivity index (χ3v) is 9.58. The second kappa shape index (κ2) is 12.6. The van der Waals surface area contributed by atoms with E-state index in [-0.39, 0.29) is 16.8 Å². The molecule has 3 nitrogen and oxygen atoms in total. The van der Waals surface area contributed by atoms with E-state index in [1.807, 2.05) is 48.5 Å². The molecule has 0 saturated carbocycles. The maximum absolute atomic E-state index is 9.74. The molecule has 0 aliphatic rings. The number of fused-ring (bicyclic) bond motifs is 8. The molecule has 0 fully saturated rings. The quantitative estimate of drug-likeness (QED) is 0.171. The Morgan fingerprint density at radius 2 is 0.945 bits per heavy atom. The summed E-state index contributed by atoms with van der Waals surface area (Å²) in [5.74, 6) is 0. The van der Waals surface area contributed by atoms with Crippen molar-refractivity contribution in [2.45, 2.75) is 0 Å². The van der Waals surface area contributed by atoms with Crippen molar-refractivity contribution in [1.29, 1.82) is 0 Å². The Bertz CT molecular complexity index is 4100. The van der Waals surface area contributed by atoms with Crippen LogP contribution >= 0.6 is 0 Å². The van der Waals surface area contributed by atoms with Crippen LogP contribution in [-0.2, 0) is 0 Å². The average Bonchev–Trinajstić information content (AvgIpc) is 3.97. The van der Waals surface area contributed by atoms with Crippen LogP contribution in [0.4, 0.5) is 17.1 Å². The van der Waals surface area contributed by atoms with Gasteiger partial charge in [0.1, 0.15) is 22.3 Å². The van der Waals surface area contributed by atoms with Gasteiger partial charge in [0.05, 0.1) is 34.4 Å². The lowest BCUT2D eigenvalue weighted by atomic mass is 9.99. The van der Waals surface area contributed by atoms with Crippen LogP contribution < -0.4 is 4.90 Å². The van der Waals surface area contributed by atoms with Crippen LogP contribution in [-0.4, -0.2) is 0 Å². The zero-order valence-corrected chi connectivity index (χ0v) is 28.5. The van der Waals surface area contributed by atoms with Crippen molar-refractivity contribution in [1.82, 2.24) is 0 Å². The molecule has 11 rings (SSSR count). The number of furan rings is 2. The lowest BCUT2D eigenvalue weighted by Gasteiger charge is -2.26. The van der Waals surface area contributed by atoms with Crippen LogP contribution in [0.1, 0.15) is 23.3 Å². The van der Waals surface area contributed by atoms with E-state index in [1.54, 1.807) is 48.5 Å². The maximum atomic E-state index is 9.74. The first kappa shape index (κ1) is 18.6. The largest absolute Gasteiger partial charge is 0.455 e.